The molecule has 2 aliphatic rings. The van der Waals surface area contributed by atoms with Crippen molar-refractivity contribution in [1.29, 1.82) is 0 Å². The topological polar surface area (TPSA) is 54.0 Å². The molecule has 0 saturated carbocycles. The van der Waals surface area contributed by atoms with E-state index in [-0.39, 0.29) is 5.78 Å². The lowest BCUT2D eigenvalue weighted by Crippen LogP contribution is -2.52. The summed E-state index contributed by atoms with van der Waals surface area (Å²) in [5, 5.41) is 0. The third kappa shape index (κ3) is 2.93. The van der Waals surface area contributed by atoms with E-state index in [1.807, 2.05) is 44.2 Å². The molecule has 24 heavy (non-hydrogen) atoms. The van der Waals surface area contributed by atoms with Gasteiger partial charge in [0.25, 0.3) is 0 Å². The van der Waals surface area contributed by atoms with Gasteiger partial charge in [0.2, 0.25) is 0 Å². The fraction of sp³-hybridized carbons (Fsp3) is 0.526. The Labute approximate surface area is 142 Å². The quantitative estimate of drug-likeness (QED) is 0.750. The highest BCUT2D eigenvalue weighted by atomic mass is 16.8. The minimum atomic E-state index is -1.07. The lowest BCUT2D eigenvalue weighted by molar-refractivity contribution is -0.228. The van der Waals surface area contributed by atoms with E-state index in [1.165, 1.54) is 0 Å². The zero-order valence-corrected chi connectivity index (χ0v) is 14.4. The van der Waals surface area contributed by atoms with E-state index in [1.54, 1.807) is 13.0 Å². The molecular formula is C19H24O5. The summed E-state index contributed by atoms with van der Waals surface area (Å²) >= 11 is 0. The second kappa shape index (κ2) is 6.41. The average molecular weight is 332 g/mol. The summed E-state index contributed by atoms with van der Waals surface area (Å²) in [7, 11) is 0. The number of ketones is 1. The van der Waals surface area contributed by atoms with Gasteiger partial charge in [0.1, 0.15) is 6.10 Å². The molecule has 0 aliphatic carbocycles. The number of rotatable bonds is 6. The van der Waals surface area contributed by atoms with Crippen LogP contribution in [0.5, 0.6) is 0 Å². The maximum atomic E-state index is 12.4. The SMILES string of the molecule is C=C[C@@]1(OCc2ccccc2)[C@@H](C(=O)CC)O[C@@H]2OC(C)(C)O[C@@H]21. The van der Waals surface area contributed by atoms with Crippen LogP contribution in [0.3, 0.4) is 0 Å². The van der Waals surface area contributed by atoms with Crippen LogP contribution in [0.25, 0.3) is 0 Å². The van der Waals surface area contributed by atoms with Crippen LogP contribution in [0.2, 0.25) is 0 Å². The molecule has 1 aromatic rings. The zero-order valence-electron chi connectivity index (χ0n) is 14.4. The Morgan fingerprint density at radius 2 is 2.00 bits per heavy atom. The number of hydrogen-bond donors (Lipinski definition) is 0. The molecule has 5 nitrogen and oxygen atoms in total. The predicted octanol–water partition coefficient (Wildman–Crippen LogP) is 2.98. The number of Topliss-reactive ketones (excluding diaryl/α,β-unsaturated/α-hetero) is 1. The van der Waals surface area contributed by atoms with Gasteiger partial charge >= 0.3 is 0 Å². The molecule has 4 atom stereocenters. The molecule has 5 heteroatoms. The molecule has 1 aromatic carbocycles. The van der Waals surface area contributed by atoms with Gasteiger partial charge < -0.3 is 18.9 Å². The summed E-state index contributed by atoms with van der Waals surface area (Å²) in [6, 6.07) is 9.77. The van der Waals surface area contributed by atoms with Gasteiger partial charge in [-0.05, 0) is 19.4 Å². The molecule has 0 amide bonds. The smallest absolute Gasteiger partial charge is 0.191 e. The first-order valence-electron chi connectivity index (χ1n) is 8.27. The van der Waals surface area contributed by atoms with Crippen LogP contribution in [-0.4, -0.2) is 35.7 Å². The number of ether oxygens (including phenoxy) is 4. The zero-order chi connectivity index (χ0) is 17.4. The van der Waals surface area contributed by atoms with Crippen LogP contribution >= 0.6 is 0 Å². The van der Waals surface area contributed by atoms with Crippen molar-refractivity contribution in [3.05, 3.63) is 48.6 Å². The van der Waals surface area contributed by atoms with Crippen molar-refractivity contribution < 1.29 is 23.7 Å². The van der Waals surface area contributed by atoms with E-state index < -0.39 is 29.9 Å². The molecule has 0 aromatic heterocycles. The Kier molecular flexibility index (Phi) is 4.62. The van der Waals surface area contributed by atoms with E-state index >= 15 is 0 Å². The third-order valence-electron chi connectivity index (χ3n) is 4.47. The van der Waals surface area contributed by atoms with Gasteiger partial charge in [-0.3, -0.25) is 4.79 Å². The molecule has 0 radical (unpaired) electrons. The number of benzene rings is 1. The minimum Gasteiger partial charge on any atom is -0.360 e. The fourth-order valence-electron chi connectivity index (χ4n) is 3.26. The van der Waals surface area contributed by atoms with Crippen molar-refractivity contribution in [2.75, 3.05) is 0 Å². The van der Waals surface area contributed by atoms with Gasteiger partial charge in [-0.1, -0.05) is 43.3 Å². The van der Waals surface area contributed by atoms with E-state index in [4.69, 9.17) is 18.9 Å². The Morgan fingerprint density at radius 1 is 1.29 bits per heavy atom. The molecule has 0 unspecified atom stereocenters. The molecule has 0 spiro atoms. The van der Waals surface area contributed by atoms with E-state index in [2.05, 4.69) is 6.58 Å². The number of carbonyl (C=O) groups is 1. The van der Waals surface area contributed by atoms with Crippen molar-refractivity contribution in [2.45, 2.75) is 63.7 Å². The van der Waals surface area contributed by atoms with Gasteiger partial charge in [-0.2, -0.15) is 0 Å². The summed E-state index contributed by atoms with van der Waals surface area (Å²) in [5.41, 5.74) is -0.0653. The van der Waals surface area contributed by atoms with Crippen LogP contribution in [0.15, 0.2) is 43.0 Å². The first-order valence-corrected chi connectivity index (χ1v) is 8.27. The summed E-state index contributed by atoms with van der Waals surface area (Å²) in [6.45, 7) is 9.67. The number of carbonyl (C=O) groups excluding carboxylic acids is 1. The van der Waals surface area contributed by atoms with Gasteiger partial charge in [-0.25, -0.2) is 0 Å². The highest BCUT2D eigenvalue weighted by Crippen LogP contribution is 2.46. The highest BCUT2D eigenvalue weighted by Gasteiger charge is 2.64. The fourth-order valence-corrected chi connectivity index (χ4v) is 3.26. The van der Waals surface area contributed by atoms with Crippen LogP contribution < -0.4 is 0 Å². The van der Waals surface area contributed by atoms with Crippen LogP contribution in [0, 0.1) is 0 Å². The summed E-state index contributed by atoms with van der Waals surface area (Å²) in [6.07, 6.45) is 0.0137. The van der Waals surface area contributed by atoms with Crippen LogP contribution in [0.1, 0.15) is 32.8 Å². The molecule has 0 N–H and O–H groups in total. The van der Waals surface area contributed by atoms with E-state index in [0.717, 1.165) is 5.56 Å². The van der Waals surface area contributed by atoms with E-state index in [9.17, 15) is 4.79 Å². The molecule has 3 rings (SSSR count). The number of hydrogen-bond acceptors (Lipinski definition) is 5. The van der Waals surface area contributed by atoms with Gasteiger partial charge in [-0.15, -0.1) is 6.58 Å². The molecular weight excluding hydrogens is 308 g/mol. The highest BCUT2D eigenvalue weighted by molar-refractivity contribution is 5.85. The van der Waals surface area contributed by atoms with E-state index in [0.29, 0.717) is 13.0 Å². The molecule has 2 heterocycles. The normalized spacial score (nSPS) is 34.0. The third-order valence-corrected chi connectivity index (χ3v) is 4.47. The molecule has 0 bridgehead atoms. The van der Waals surface area contributed by atoms with Gasteiger partial charge in [0.05, 0.1) is 6.61 Å². The second-order valence-corrected chi connectivity index (χ2v) is 6.59. The monoisotopic (exact) mass is 332 g/mol. The Bertz CT molecular complexity index is 611. The Morgan fingerprint density at radius 3 is 2.62 bits per heavy atom. The maximum absolute atomic E-state index is 12.4. The largest absolute Gasteiger partial charge is 0.360 e. The number of fused-ring (bicyclic) bond motifs is 1. The summed E-state index contributed by atoms with van der Waals surface area (Å²) in [5.74, 6) is -0.845. The Hall–Kier alpha value is -1.53. The second-order valence-electron chi connectivity index (χ2n) is 6.59. The van der Waals surface area contributed by atoms with Crippen LogP contribution in [-0.2, 0) is 30.3 Å². The van der Waals surface area contributed by atoms with Gasteiger partial charge in [0, 0.05) is 6.42 Å². The molecule has 130 valence electrons. The van der Waals surface area contributed by atoms with Gasteiger partial charge in [0.15, 0.2) is 29.6 Å². The van der Waals surface area contributed by atoms with Crippen molar-refractivity contribution in [1.82, 2.24) is 0 Å². The van der Waals surface area contributed by atoms with Crippen molar-refractivity contribution >= 4 is 5.78 Å². The predicted molar refractivity (Wildman–Crippen MR) is 88.2 cm³/mol. The lowest BCUT2D eigenvalue weighted by atomic mass is 9.88. The molecule has 2 fully saturated rings. The Balaban J connectivity index is 1.89. The molecule has 2 aliphatic heterocycles. The molecule has 2 saturated heterocycles. The summed E-state index contributed by atoms with van der Waals surface area (Å²) in [4.78, 5) is 12.4. The first-order chi connectivity index (χ1) is 11.4. The average Bonchev–Trinajstić information content (AvgIpc) is 3.04. The van der Waals surface area contributed by atoms with Crippen molar-refractivity contribution in [2.24, 2.45) is 0 Å². The lowest BCUT2D eigenvalue weighted by Gasteiger charge is -2.35. The van der Waals surface area contributed by atoms with Crippen molar-refractivity contribution in [3.63, 3.8) is 0 Å². The summed E-state index contributed by atoms with van der Waals surface area (Å²) < 4.78 is 23.9. The van der Waals surface area contributed by atoms with Crippen LogP contribution in [0.4, 0.5) is 0 Å². The first kappa shape index (κ1) is 17.3. The standard InChI is InChI=1S/C19H24O5/c1-5-14(20)15-19(6-2,21-12-13-10-8-7-9-11-13)16-17(22-15)24-18(3,4)23-16/h6-11,15-17H,2,5,12H2,1,3-4H3/t15-,16+,17-,19-/m1/s1. The minimum absolute atomic E-state index is 0.0534. The maximum Gasteiger partial charge on any atom is 0.191 e. The van der Waals surface area contributed by atoms with Crippen molar-refractivity contribution in [3.8, 4) is 0 Å².